The Hall–Kier alpha value is -0.900. The Kier molecular flexibility index (Phi) is 8.47. The average Bonchev–Trinajstić information content (AvgIpc) is 2.40. The van der Waals surface area contributed by atoms with Crippen LogP contribution in [0.3, 0.4) is 0 Å². The van der Waals surface area contributed by atoms with Gasteiger partial charge >= 0.3 is 0 Å². The topological polar surface area (TPSA) is 32.7 Å². The van der Waals surface area contributed by atoms with Gasteiger partial charge in [-0.2, -0.15) is 0 Å². The van der Waals surface area contributed by atoms with E-state index in [1.165, 1.54) is 12.0 Å². The zero-order chi connectivity index (χ0) is 13.1. The second-order valence-electron chi connectivity index (χ2n) is 4.45. The summed E-state index contributed by atoms with van der Waals surface area (Å²) >= 11 is 0. The summed E-state index contributed by atoms with van der Waals surface area (Å²) in [7, 11) is 0. The van der Waals surface area contributed by atoms with Gasteiger partial charge in [-0.1, -0.05) is 43.7 Å². The molecule has 1 rings (SSSR count). The van der Waals surface area contributed by atoms with E-state index in [9.17, 15) is 0 Å². The molecule has 0 radical (unpaired) electrons. The molecule has 0 spiro atoms. The van der Waals surface area contributed by atoms with Gasteiger partial charge in [-0.05, 0) is 12.0 Å². The summed E-state index contributed by atoms with van der Waals surface area (Å²) in [5.41, 5.74) is 1.28. The minimum absolute atomic E-state index is 0.196. The quantitative estimate of drug-likeness (QED) is 0.648. The van der Waals surface area contributed by atoms with E-state index in [1.54, 1.807) is 0 Å². The highest BCUT2D eigenvalue weighted by Gasteiger charge is 2.04. The monoisotopic (exact) mass is 251 g/mol. The highest BCUT2D eigenvalue weighted by atomic mass is 16.5. The van der Waals surface area contributed by atoms with Crippen LogP contribution in [0.2, 0.25) is 0 Å². The van der Waals surface area contributed by atoms with Gasteiger partial charge in [0.25, 0.3) is 0 Å². The van der Waals surface area contributed by atoms with Crippen LogP contribution in [-0.4, -0.2) is 42.9 Å². The summed E-state index contributed by atoms with van der Waals surface area (Å²) in [5.74, 6) is 0. The largest absolute Gasteiger partial charge is 0.395 e. The molecule has 102 valence electrons. The lowest BCUT2D eigenvalue weighted by Crippen LogP contribution is -2.30. The van der Waals surface area contributed by atoms with Crippen molar-refractivity contribution in [2.24, 2.45) is 0 Å². The zero-order valence-corrected chi connectivity index (χ0v) is 11.3. The first kappa shape index (κ1) is 15.2. The summed E-state index contributed by atoms with van der Waals surface area (Å²) in [5, 5.41) is 9.07. The number of aliphatic hydroxyl groups excluding tert-OH is 1. The minimum atomic E-state index is 0.196. The highest BCUT2D eigenvalue weighted by Crippen LogP contribution is 2.04. The Balaban J connectivity index is 2.26. The maximum absolute atomic E-state index is 9.07. The van der Waals surface area contributed by atoms with E-state index in [0.29, 0.717) is 6.54 Å². The van der Waals surface area contributed by atoms with Crippen LogP contribution >= 0.6 is 0 Å². The van der Waals surface area contributed by atoms with Crippen LogP contribution in [0.25, 0.3) is 0 Å². The van der Waals surface area contributed by atoms with Crippen LogP contribution in [-0.2, 0) is 11.3 Å². The minimum Gasteiger partial charge on any atom is -0.395 e. The normalized spacial score (nSPS) is 11.1. The molecular formula is C15H25NO2. The lowest BCUT2D eigenvalue weighted by Gasteiger charge is -2.21. The van der Waals surface area contributed by atoms with E-state index in [2.05, 4.69) is 24.0 Å². The average molecular weight is 251 g/mol. The van der Waals surface area contributed by atoms with Crippen molar-refractivity contribution in [3.8, 4) is 0 Å². The molecule has 0 heterocycles. The van der Waals surface area contributed by atoms with E-state index in [4.69, 9.17) is 9.84 Å². The molecule has 0 saturated heterocycles. The fraction of sp³-hybridized carbons (Fsp3) is 0.600. The number of hydrogen-bond acceptors (Lipinski definition) is 3. The lowest BCUT2D eigenvalue weighted by atomic mass is 10.2. The number of ether oxygens (including phenoxy) is 1. The highest BCUT2D eigenvalue weighted by molar-refractivity contribution is 5.14. The molecule has 3 heteroatoms. The number of hydrogen-bond donors (Lipinski definition) is 1. The van der Waals surface area contributed by atoms with Crippen molar-refractivity contribution in [2.75, 3.05) is 32.9 Å². The third-order valence-corrected chi connectivity index (χ3v) is 2.86. The summed E-state index contributed by atoms with van der Waals surface area (Å²) in [6, 6.07) is 10.3. The molecule has 0 aromatic heterocycles. The maximum atomic E-state index is 9.07. The molecular weight excluding hydrogens is 226 g/mol. The van der Waals surface area contributed by atoms with Crippen molar-refractivity contribution >= 4 is 0 Å². The number of nitrogens with zero attached hydrogens (tertiary/aromatic N) is 1. The van der Waals surface area contributed by atoms with Gasteiger partial charge in [0.05, 0.1) is 13.2 Å². The number of benzene rings is 1. The molecule has 1 aromatic rings. The third kappa shape index (κ3) is 6.74. The molecule has 18 heavy (non-hydrogen) atoms. The Morgan fingerprint density at radius 1 is 1.11 bits per heavy atom. The van der Waals surface area contributed by atoms with Crippen molar-refractivity contribution < 1.29 is 9.84 Å². The van der Waals surface area contributed by atoms with Gasteiger partial charge in [0, 0.05) is 26.2 Å². The molecule has 1 N–H and O–H groups in total. The van der Waals surface area contributed by atoms with E-state index >= 15 is 0 Å². The second-order valence-corrected chi connectivity index (χ2v) is 4.45. The summed E-state index contributed by atoms with van der Waals surface area (Å²) in [6.45, 7) is 6.39. The van der Waals surface area contributed by atoms with Crippen LogP contribution in [0.1, 0.15) is 25.3 Å². The van der Waals surface area contributed by atoms with Gasteiger partial charge in [-0.15, -0.1) is 0 Å². The molecule has 0 bridgehead atoms. The van der Waals surface area contributed by atoms with Crippen LogP contribution in [0.5, 0.6) is 0 Å². The SMILES string of the molecule is CCCCOCCN(CCO)Cc1ccccc1. The van der Waals surface area contributed by atoms with E-state index in [1.807, 2.05) is 18.2 Å². The Morgan fingerprint density at radius 3 is 2.56 bits per heavy atom. The lowest BCUT2D eigenvalue weighted by molar-refractivity contribution is 0.0911. The predicted octanol–water partition coefficient (Wildman–Crippen LogP) is 2.30. The van der Waals surface area contributed by atoms with E-state index in [-0.39, 0.29) is 6.61 Å². The van der Waals surface area contributed by atoms with E-state index in [0.717, 1.165) is 32.7 Å². The summed E-state index contributed by atoms with van der Waals surface area (Å²) < 4.78 is 5.57. The van der Waals surface area contributed by atoms with Gasteiger partial charge < -0.3 is 9.84 Å². The van der Waals surface area contributed by atoms with Crippen LogP contribution in [0.15, 0.2) is 30.3 Å². The fourth-order valence-corrected chi connectivity index (χ4v) is 1.80. The van der Waals surface area contributed by atoms with E-state index < -0.39 is 0 Å². The van der Waals surface area contributed by atoms with Gasteiger partial charge in [-0.3, -0.25) is 4.90 Å². The van der Waals surface area contributed by atoms with Crippen LogP contribution in [0, 0.1) is 0 Å². The van der Waals surface area contributed by atoms with Gasteiger partial charge in [-0.25, -0.2) is 0 Å². The first-order chi connectivity index (χ1) is 8.86. The standard InChI is InChI=1S/C15H25NO2/c1-2-3-12-18-13-10-16(9-11-17)14-15-7-5-4-6-8-15/h4-8,17H,2-3,9-14H2,1H3. The molecule has 1 aromatic carbocycles. The molecule has 0 atom stereocenters. The predicted molar refractivity (Wildman–Crippen MR) is 74.5 cm³/mol. The van der Waals surface area contributed by atoms with Crippen LogP contribution in [0.4, 0.5) is 0 Å². The fourth-order valence-electron chi connectivity index (χ4n) is 1.80. The second kappa shape index (κ2) is 10.1. The van der Waals surface area contributed by atoms with Gasteiger partial charge in [0.1, 0.15) is 0 Å². The van der Waals surface area contributed by atoms with Crippen molar-refractivity contribution in [1.82, 2.24) is 4.90 Å². The molecule has 0 unspecified atom stereocenters. The van der Waals surface area contributed by atoms with Crippen molar-refractivity contribution in [3.05, 3.63) is 35.9 Å². The Bertz CT molecular complexity index is 290. The number of unbranched alkanes of at least 4 members (excludes halogenated alkanes) is 1. The first-order valence-electron chi connectivity index (χ1n) is 6.81. The van der Waals surface area contributed by atoms with Gasteiger partial charge in [0.15, 0.2) is 0 Å². The van der Waals surface area contributed by atoms with Crippen molar-refractivity contribution in [3.63, 3.8) is 0 Å². The third-order valence-electron chi connectivity index (χ3n) is 2.86. The molecule has 0 amide bonds. The molecule has 3 nitrogen and oxygen atoms in total. The van der Waals surface area contributed by atoms with Crippen molar-refractivity contribution in [1.29, 1.82) is 0 Å². The number of aliphatic hydroxyl groups is 1. The molecule has 0 aliphatic carbocycles. The Morgan fingerprint density at radius 2 is 1.89 bits per heavy atom. The molecule has 0 saturated carbocycles. The van der Waals surface area contributed by atoms with Gasteiger partial charge in [0.2, 0.25) is 0 Å². The zero-order valence-electron chi connectivity index (χ0n) is 11.3. The maximum Gasteiger partial charge on any atom is 0.0593 e. The first-order valence-corrected chi connectivity index (χ1v) is 6.81. The molecule has 0 aliphatic rings. The smallest absolute Gasteiger partial charge is 0.0593 e. The molecule has 0 aliphatic heterocycles. The van der Waals surface area contributed by atoms with Crippen molar-refractivity contribution in [2.45, 2.75) is 26.3 Å². The Labute approximate surface area is 110 Å². The number of rotatable bonds is 10. The molecule has 0 fully saturated rings. The summed E-state index contributed by atoms with van der Waals surface area (Å²) in [4.78, 5) is 2.22. The van der Waals surface area contributed by atoms with Crippen LogP contribution < -0.4 is 0 Å². The summed E-state index contributed by atoms with van der Waals surface area (Å²) in [6.07, 6.45) is 2.29.